The summed E-state index contributed by atoms with van der Waals surface area (Å²) in [5.74, 6) is 1.13. The molecule has 0 N–H and O–H groups in total. The van der Waals surface area contributed by atoms with Crippen LogP contribution in [-0.2, 0) is 6.42 Å². The zero-order valence-corrected chi connectivity index (χ0v) is 13.9. The molecular weight excluding hydrogens is 244 g/mol. The lowest BCUT2D eigenvalue weighted by Crippen LogP contribution is -1.87. The molecule has 1 heteroatoms. The van der Waals surface area contributed by atoms with Crippen molar-refractivity contribution in [2.75, 3.05) is 6.61 Å². The Hall–Kier alpha value is -0.980. The fourth-order valence-electron chi connectivity index (χ4n) is 2.64. The van der Waals surface area contributed by atoms with Crippen LogP contribution in [-0.4, -0.2) is 6.61 Å². The normalized spacial score (nSPS) is 12.4. The molecule has 0 saturated heterocycles. The van der Waals surface area contributed by atoms with Gasteiger partial charge in [-0.05, 0) is 25.0 Å². The van der Waals surface area contributed by atoms with Crippen LogP contribution in [0.5, 0.6) is 5.75 Å². The molecular formula is C19H32O. The SMILES string of the molecule is CCCCCCCCC.Cc1ccc(C)c2c1CCO2. The van der Waals surface area contributed by atoms with Crippen LogP contribution < -0.4 is 4.74 Å². The molecule has 0 bridgehead atoms. The van der Waals surface area contributed by atoms with Gasteiger partial charge < -0.3 is 4.74 Å². The van der Waals surface area contributed by atoms with E-state index in [-0.39, 0.29) is 0 Å². The largest absolute Gasteiger partial charge is 0.493 e. The van der Waals surface area contributed by atoms with Crippen LogP contribution in [0.25, 0.3) is 0 Å². The maximum Gasteiger partial charge on any atom is 0.125 e. The minimum absolute atomic E-state index is 0.862. The van der Waals surface area contributed by atoms with Gasteiger partial charge in [0.15, 0.2) is 0 Å². The Kier molecular flexibility index (Phi) is 8.41. The summed E-state index contributed by atoms with van der Waals surface area (Å²) in [6, 6.07) is 4.29. The lowest BCUT2D eigenvalue weighted by molar-refractivity contribution is 0.354. The van der Waals surface area contributed by atoms with E-state index in [1.54, 1.807) is 0 Å². The minimum Gasteiger partial charge on any atom is -0.493 e. The molecule has 0 radical (unpaired) electrons. The fourth-order valence-corrected chi connectivity index (χ4v) is 2.64. The Morgan fingerprint density at radius 1 is 0.850 bits per heavy atom. The molecule has 1 aromatic rings. The number of rotatable bonds is 6. The molecule has 0 aromatic heterocycles. The summed E-state index contributed by atoms with van der Waals surface area (Å²) in [5, 5.41) is 0. The van der Waals surface area contributed by atoms with Gasteiger partial charge in [-0.3, -0.25) is 0 Å². The van der Waals surface area contributed by atoms with Crippen molar-refractivity contribution >= 4 is 0 Å². The Balaban J connectivity index is 0.000000206. The molecule has 0 aliphatic carbocycles. The highest BCUT2D eigenvalue weighted by Gasteiger charge is 2.15. The van der Waals surface area contributed by atoms with Crippen molar-refractivity contribution in [3.63, 3.8) is 0 Å². The third kappa shape index (κ3) is 5.56. The van der Waals surface area contributed by atoms with E-state index in [9.17, 15) is 0 Å². The number of ether oxygens (including phenoxy) is 1. The number of hydrogen-bond donors (Lipinski definition) is 0. The summed E-state index contributed by atoms with van der Waals surface area (Å²) in [5.41, 5.74) is 4.04. The van der Waals surface area contributed by atoms with Crippen LogP contribution in [0.3, 0.4) is 0 Å². The molecule has 114 valence electrons. The van der Waals surface area contributed by atoms with Gasteiger partial charge in [-0.1, -0.05) is 70.9 Å². The standard InChI is InChI=1S/C10H12O.C9H20/c1-7-3-4-8(2)10-9(7)5-6-11-10;1-3-5-7-9-8-6-4-2/h3-4H,5-6H2,1-2H3;3-9H2,1-2H3. The first kappa shape index (κ1) is 17.1. The van der Waals surface area contributed by atoms with Crippen molar-refractivity contribution < 1.29 is 4.74 Å². The summed E-state index contributed by atoms with van der Waals surface area (Å²) in [4.78, 5) is 0. The Labute approximate surface area is 125 Å². The molecule has 0 fully saturated rings. The van der Waals surface area contributed by atoms with Crippen LogP contribution >= 0.6 is 0 Å². The van der Waals surface area contributed by atoms with Crippen molar-refractivity contribution in [3.8, 4) is 5.75 Å². The van der Waals surface area contributed by atoms with Crippen molar-refractivity contribution in [2.24, 2.45) is 0 Å². The third-order valence-electron chi connectivity index (χ3n) is 4.00. The molecule has 20 heavy (non-hydrogen) atoms. The first-order valence-corrected chi connectivity index (χ1v) is 8.42. The van der Waals surface area contributed by atoms with Crippen LogP contribution in [0.1, 0.15) is 75.5 Å². The lowest BCUT2D eigenvalue weighted by Gasteiger charge is -2.04. The van der Waals surface area contributed by atoms with Gasteiger partial charge in [0.25, 0.3) is 0 Å². The van der Waals surface area contributed by atoms with E-state index in [4.69, 9.17) is 4.74 Å². The summed E-state index contributed by atoms with van der Waals surface area (Å²) in [6.07, 6.45) is 11.1. The fraction of sp³-hybridized carbons (Fsp3) is 0.684. The second kappa shape index (κ2) is 9.85. The molecule has 0 unspecified atom stereocenters. The molecule has 1 aliphatic rings. The van der Waals surface area contributed by atoms with Crippen LogP contribution in [0, 0.1) is 13.8 Å². The Morgan fingerprint density at radius 2 is 1.40 bits per heavy atom. The molecule has 0 atom stereocenters. The second-order valence-corrected chi connectivity index (χ2v) is 5.87. The highest BCUT2D eigenvalue weighted by atomic mass is 16.5. The maximum absolute atomic E-state index is 5.51. The first-order chi connectivity index (χ1) is 9.70. The van der Waals surface area contributed by atoms with Crippen molar-refractivity contribution in [2.45, 2.75) is 79.1 Å². The average molecular weight is 276 g/mol. The summed E-state index contributed by atoms with van der Waals surface area (Å²) in [7, 11) is 0. The van der Waals surface area contributed by atoms with Gasteiger partial charge in [0.1, 0.15) is 5.75 Å². The lowest BCUT2D eigenvalue weighted by atomic mass is 10.0. The smallest absolute Gasteiger partial charge is 0.125 e. The Morgan fingerprint density at radius 3 is 1.95 bits per heavy atom. The van der Waals surface area contributed by atoms with E-state index in [1.807, 2.05) is 0 Å². The van der Waals surface area contributed by atoms with E-state index in [0.29, 0.717) is 0 Å². The molecule has 1 aliphatic heterocycles. The van der Waals surface area contributed by atoms with Crippen LogP contribution in [0.2, 0.25) is 0 Å². The van der Waals surface area contributed by atoms with Gasteiger partial charge in [-0.25, -0.2) is 0 Å². The van der Waals surface area contributed by atoms with E-state index in [0.717, 1.165) is 18.8 Å². The summed E-state index contributed by atoms with van der Waals surface area (Å²) in [6.45, 7) is 9.64. The molecule has 0 saturated carbocycles. The average Bonchev–Trinajstić information content (AvgIpc) is 2.94. The van der Waals surface area contributed by atoms with Gasteiger partial charge in [-0.15, -0.1) is 0 Å². The molecule has 0 spiro atoms. The quantitative estimate of drug-likeness (QED) is 0.579. The first-order valence-electron chi connectivity index (χ1n) is 8.42. The third-order valence-corrected chi connectivity index (χ3v) is 4.00. The molecule has 1 nitrogen and oxygen atoms in total. The summed E-state index contributed by atoms with van der Waals surface area (Å²) >= 11 is 0. The summed E-state index contributed by atoms with van der Waals surface area (Å²) < 4.78 is 5.51. The monoisotopic (exact) mass is 276 g/mol. The molecule has 1 heterocycles. The molecule has 1 aromatic carbocycles. The maximum atomic E-state index is 5.51. The van der Waals surface area contributed by atoms with Gasteiger partial charge in [-0.2, -0.15) is 0 Å². The zero-order valence-electron chi connectivity index (χ0n) is 13.9. The van der Waals surface area contributed by atoms with E-state index in [1.165, 1.54) is 61.6 Å². The predicted octanol–water partition coefficient (Wildman–Crippen LogP) is 6.00. The van der Waals surface area contributed by atoms with Gasteiger partial charge in [0.2, 0.25) is 0 Å². The van der Waals surface area contributed by atoms with Gasteiger partial charge in [0, 0.05) is 12.0 Å². The molecule has 2 rings (SSSR count). The predicted molar refractivity (Wildman–Crippen MR) is 88.8 cm³/mol. The molecule has 0 amide bonds. The second-order valence-electron chi connectivity index (χ2n) is 5.87. The number of aryl methyl sites for hydroxylation is 2. The highest BCUT2D eigenvalue weighted by molar-refractivity contribution is 5.47. The van der Waals surface area contributed by atoms with Crippen molar-refractivity contribution in [1.82, 2.24) is 0 Å². The van der Waals surface area contributed by atoms with Gasteiger partial charge >= 0.3 is 0 Å². The minimum atomic E-state index is 0.862. The topological polar surface area (TPSA) is 9.23 Å². The number of benzene rings is 1. The van der Waals surface area contributed by atoms with E-state index < -0.39 is 0 Å². The zero-order chi connectivity index (χ0) is 14.8. The Bertz CT molecular complexity index is 347. The van der Waals surface area contributed by atoms with Crippen molar-refractivity contribution in [1.29, 1.82) is 0 Å². The van der Waals surface area contributed by atoms with Gasteiger partial charge in [0.05, 0.1) is 6.61 Å². The number of unbranched alkanes of at least 4 members (excludes halogenated alkanes) is 6. The number of hydrogen-bond acceptors (Lipinski definition) is 1. The highest BCUT2D eigenvalue weighted by Crippen LogP contribution is 2.31. The van der Waals surface area contributed by atoms with E-state index >= 15 is 0 Å². The van der Waals surface area contributed by atoms with Crippen LogP contribution in [0.15, 0.2) is 12.1 Å². The number of fused-ring (bicyclic) bond motifs is 1. The van der Waals surface area contributed by atoms with Crippen LogP contribution in [0.4, 0.5) is 0 Å². The van der Waals surface area contributed by atoms with E-state index in [2.05, 4.69) is 39.8 Å². The van der Waals surface area contributed by atoms with Crippen molar-refractivity contribution in [3.05, 3.63) is 28.8 Å².